The van der Waals surface area contributed by atoms with Gasteiger partial charge in [-0.1, -0.05) is 12.1 Å². The van der Waals surface area contributed by atoms with E-state index >= 15 is 0 Å². The summed E-state index contributed by atoms with van der Waals surface area (Å²) in [4.78, 5) is 25.8. The Morgan fingerprint density at radius 3 is 2.76 bits per heavy atom. The average molecular weight is 310 g/mol. The quantitative estimate of drug-likeness (QED) is 0.831. The fourth-order valence-corrected chi connectivity index (χ4v) is 2.82. The summed E-state index contributed by atoms with van der Waals surface area (Å²) in [7, 11) is 1.59. The number of anilines is 1. The van der Waals surface area contributed by atoms with E-state index < -0.39 is 17.9 Å². The number of carbonyl (C=O) groups is 2. The third kappa shape index (κ3) is 3.48. The molecule has 7 heteroatoms. The van der Waals surface area contributed by atoms with Gasteiger partial charge < -0.3 is 20.1 Å². The molecule has 2 N–H and O–H groups in total. The van der Waals surface area contributed by atoms with Crippen molar-refractivity contribution < 1.29 is 19.4 Å². The first kappa shape index (κ1) is 15.7. The van der Waals surface area contributed by atoms with Crippen LogP contribution in [0.25, 0.3) is 0 Å². The number of urea groups is 1. The number of para-hydroxylation sites is 1. The number of benzene rings is 1. The Morgan fingerprint density at radius 1 is 1.38 bits per heavy atom. The van der Waals surface area contributed by atoms with Crippen LogP contribution in [0.3, 0.4) is 0 Å². The van der Waals surface area contributed by atoms with E-state index in [4.69, 9.17) is 9.84 Å². The topological polar surface area (TPSA) is 78.9 Å². The van der Waals surface area contributed by atoms with Crippen LogP contribution in [0.4, 0.5) is 10.5 Å². The zero-order valence-corrected chi connectivity index (χ0v) is 12.7. The van der Waals surface area contributed by atoms with E-state index in [0.717, 1.165) is 4.90 Å². The number of aliphatic carboxylic acids is 1. The number of nitrogens with one attached hydrogen (secondary N) is 1. The van der Waals surface area contributed by atoms with Gasteiger partial charge in [0.1, 0.15) is 5.92 Å². The van der Waals surface area contributed by atoms with Crippen molar-refractivity contribution in [3.05, 3.63) is 24.3 Å². The van der Waals surface area contributed by atoms with Gasteiger partial charge in [-0.05, 0) is 18.4 Å². The summed E-state index contributed by atoms with van der Waals surface area (Å²) >= 11 is 1.53. The molecule has 1 saturated heterocycles. The minimum Gasteiger partial charge on any atom is -0.481 e. The van der Waals surface area contributed by atoms with Crippen LogP contribution in [0.15, 0.2) is 29.2 Å². The highest BCUT2D eigenvalue weighted by Crippen LogP contribution is 2.26. The van der Waals surface area contributed by atoms with Gasteiger partial charge in [0, 0.05) is 11.9 Å². The second-order valence-electron chi connectivity index (χ2n) is 4.79. The molecule has 2 unspecified atom stereocenters. The van der Waals surface area contributed by atoms with E-state index in [1.165, 1.54) is 16.7 Å². The second-order valence-corrected chi connectivity index (χ2v) is 5.64. The fraction of sp³-hybridized carbons (Fsp3) is 0.429. The maximum Gasteiger partial charge on any atom is 0.321 e. The number of amides is 2. The molecule has 1 aromatic carbocycles. The maximum absolute atomic E-state index is 12.3. The lowest BCUT2D eigenvalue weighted by Crippen LogP contribution is -2.46. The van der Waals surface area contributed by atoms with Gasteiger partial charge >= 0.3 is 12.0 Å². The number of carbonyl (C=O) groups excluding carboxylic acids is 1. The Labute approximate surface area is 127 Å². The van der Waals surface area contributed by atoms with Gasteiger partial charge in [0.05, 0.1) is 24.9 Å². The highest BCUT2D eigenvalue weighted by atomic mass is 32.2. The predicted octanol–water partition coefficient (Wildman–Crippen LogP) is 1.97. The van der Waals surface area contributed by atoms with Crippen LogP contribution < -0.4 is 5.32 Å². The largest absolute Gasteiger partial charge is 0.481 e. The average Bonchev–Trinajstić information content (AvgIpc) is 2.96. The molecular weight excluding hydrogens is 292 g/mol. The van der Waals surface area contributed by atoms with Crippen molar-refractivity contribution in [1.82, 2.24) is 4.90 Å². The highest BCUT2D eigenvalue weighted by Gasteiger charge is 2.38. The van der Waals surface area contributed by atoms with Crippen LogP contribution in [0.1, 0.15) is 0 Å². The lowest BCUT2D eigenvalue weighted by molar-refractivity contribution is -0.142. The third-order valence-corrected chi connectivity index (χ3v) is 4.33. The Bertz CT molecular complexity index is 537. The number of likely N-dealkylation sites (N-methyl/N-ethyl adjacent to an activating group) is 1. The summed E-state index contributed by atoms with van der Waals surface area (Å²) in [5.74, 6) is -1.63. The van der Waals surface area contributed by atoms with Crippen molar-refractivity contribution in [3.8, 4) is 0 Å². The maximum atomic E-state index is 12.3. The third-order valence-electron chi connectivity index (χ3n) is 3.53. The number of hydrogen-bond donors (Lipinski definition) is 2. The van der Waals surface area contributed by atoms with E-state index in [1.54, 1.807) is 7.05 Å². The summed E-state index contributed by atoms with van der Waals surface area (Å²) in [5, 5.41) is 12.0. The number of carboxylic acids is 1. The molecule has 1 fully saturated rings. The zero-order valence-electron chi connectivity index (χ0n) is 11.9. The fourth-order valence-electron chi connectivity index (χ4n) is 2.26. The predicted molar refractivity (Wildman–Crippen MR) is 80.7 cm³/mol. The zero-order chi connectivity index (χ0) is 15.4. The molecule has 0 aromatic heterocycles. The van der Waals surface area contributed by atoms with E-state index in [9.17, 15) is 9.59 Å². The van der Waals surface area contributed by atoms with Gasteiger partial charge in [0.15, 0.2) is 0 Å². The Morgan fingerprint density at radius 2 is 2.10 bits per heavy atom. The van der Waals surface area contributed by atoms with E-state index in [-0.39, 0.29) is 19.2 Å². The minimum atomic E-state index is -0.943. The van der Waals surface area contributed by atoms with Gasteiger partial charge in [-0.3, -0.25) is 4.79 Å². The number of thioether (sulfide) groups is 1. The van der Waals surface area contributed by atoms with Crippen molar-refractivity contribution in [3.63, 3.8) is 0 Å². The highest BCUT2D eigenvalue weighted by molar-refractivity contribution is 7.98. The van der Waals surface area contributed by atoms with Gasteiger partial charge in [0.25, 0.3) is 0 Å². The van der Waals surface area contributed by atoms with Crippen LogP contribution >= 0.6 is 11.8 Å². The Kier molecular flexibility index (Phi) is 5.08. The Hall–Kier alpha value is -1.73. The summed E-state index contributed by atoms with van der Waals surface area (Å²) in [6.07, 6.45) is 1.93. The summed E-state index contributed by atoms with van der Waals surface area (Å²) in [5.41, 5.74) is 0.715. The molecule has 1 heterocycles. The first-order valence-electron chi connectivity index (χ1n) is 6.52. The van der Waals surface area contributed by atoms with Crippen molar-refractivity contribution in [1.29, 1.82) is 0 Å². The minimum absolute atomic E-state index is 0.138. The monoisotopic (exact) mass is 310 g/mol. The Balaban J connectivity index is 2.07. The molecular formula is C14H18N2O4S. The van der Waals surface area contributed by atoms with Gasteiger partial charge in [-0.25, -0.2) is 4.79 Å². The molecule has 0 aliphatic carbocycles. The van der Waals surface area contributed by atoms with Gasteiger partial charge in [0.2, 0.25) is 0 Å². The lowest BCUT2D eigenvalue weighted by atomic mass is 10.0. The van der Waals surface area contributed by atoms with E-state index in [0.29, 0.717) is 5.69 Å². The molecule has 0 bridgehead atoms. The summed E-state index contributed by atoms with van der Waals surface area (Å²) in [6.45, 7) is 0.379. The van der Waals surface area contributed by atoms with Crippen molar-refractivity contribution in [2.45, 2.75) is 10.9 Å². The van der Waals surface area contributed by atoms with Crippen LogP contribution in [0.2, 0.25) is 0 Å². The van der Waals surface area contributed by atoms with Crippen molar-refractivity contribution >= 4 is 29.4 Å². The smallest absolute Gasteiger partial charge is 0.321 e. The van der Waals surface area contributed by atoms with Gasteiger partial charge in [-0.2, -0.15) is 0 Å². The summed E-state index contributed by atoms with van der Waals surface area (Å²) < 4.78 is 5.19. The van der Waals surface area contributed by atoms with E-state index in [1.807, 2.05) is 30.5 Å². The normalized spacial score (nSPS) is 21.0. The molecule has 114 valence electrons. The van der Waals surface area contributed by atoms with Crippen LogP contribution in [0, 0.1) is 5.92 Å². The molecule has 21 heavy (non-hydrogen) atoms. The summed E-state index contributed by atoms with van der Waals surface area (Å²) in [6, 6.07) is 6.68. The first-order valence-corrected chi connectivity index (χ1v) is 7.74. The number of nitrogens with zero attached hydrogens (tertiary/aromatic N) is 1. The molecule has 1 aliphatic rings. The number of carboxylic acid groups (broad SMARTS) is 1. The molecule has 0 saturated carbocycles. The number of ether oxygens (including phenoxy) is 1. The van der Waals surface area contributed by atoms with E-state index in [2.05, 4.69) is 5.32 Å². The first-order chi connectivity index (χ1) is 10.0. The lowest BCUT2D eigenvalue weighted by Gasteiger charge is -2.26. The molecule has 0 spiro atoms. The molecule has 1 aromatic rings. The second kappa shape index (κ2) is 6.82. The van der Waals surface area contributed by atoms with Crippen LogP contribution in [-0.2, 0) is 9.53 Å². The van der Waals surface area contributed by atoms with Crippen LogP contribution in [0.5, 0.6) is 0 Å². The molecule has 2 rings (SSSR count). The van der Waals surface area contributed by atoms with Crippen LogP contribution in [-0.4, -0.2) is 54.6 Å². The number of hydrogen-bond acceptors (Lipinski definition) is 4. The molecule has 6 nitrogen and oxygen atoms in total. The van der Waals surface area contributed by atoms with Crippen molar-refractivity contribution in [2.24, 2.45) is 5.92 Å². The molecule has 2 amide bonds. The van der Waals surface area contributed by atoms with Gasteiger partial charge in [-0.15, -0.1) is 11.8 Å². The molecule has 0 radical (unpaired) electrons. The molecule has 1 aliphatic heterocycles. The standard InChI is InChI=1S/C14H18N2O4S/c1-16(11-8-20-7-9(11)13(17)18)14(19)15-10-5-3-4-6-12(10)21-2/h3-6,9,11H,7-8H2,1-2H3,(H,15,19)(H,17,18). The van der Waals surface area contributed by atoms with Crippen molar-refractivity contribution in [2.75, 3.05) is 31.8 Å². The molecule has 2 atom stereocenters. The number of rotatable bonds is 4. The SMILES string of the molecule is CSc1ccccc1NC(=O)N(C)C1COCC1C(=O)O.